The van der Waals surface area contributed by atoms with Crippen molar-refractivity contribution < 1.29 is 32.9 Å². The van der Waals surface area contributed by atoms with E-state index in [9.17, 15) is 19.2 Å². The van der Waals surface area contributed by atoms with Crippen molar-refractivity contribution >= 4 is 110 Å². The maximum absolute atomic E-state index is 10.6. The van der Waals surface area contributed by atoms with E-state index < -0.39 is 168 Å². The molecule has 4 heteroatoms. The maximum atomic E-state index is 10.6. The van der Waals surface area contributed by atoms with Crippen molar-refractivity contribution in [3.63, 3.8) is 0 Å². The van der Waals surface area contributed by atoms with E-state index in [1.54, 1.807) is 72.8 Å². The first kappa shape index (κ1) is 22.2. The number of nitrogens with zero attached hydrogens (tertiary/aromatic N) is 4. The molecule has 15 aromatic rings. The summed E-state index contributed by atoms with van der Waals surface area (Å²) in [6.45, 7) is 0. The molecule has 4 nitrogen and oxygen atoms in total. The summed E-state index contributed by atoms with van der Waals surface area (Å²) in [6, 6.07) is 13.7. The van der Waals surface area contributed by atoms with Gasteiger partial charge in [0.25, 0.3) is 0 Å². The molecular formula is C66H42N4. The zero-order valence-corrected chi connectivity index (χ0v) is 36.2. The molecule has 0 N–H and O–H groups in total. The van der Waals surface area contributed by atoms with Gasteiger partial charge in [0.15, 0.2) is 0 Å². The van der Waals surface area contributed by atoms with E-state index in [0.29, 0.717) is 22.3 Å². The summed E-state index contributed by atoms with van der Waals surface area (Å²) < 4.78 is 231. The van der Waals surface area contributed by atoms with Gasteiger partial charge in [0, 0.05) is 65.8 Å². The molecule has 0 aliphatic rings. The molecule has 0 unspecified atom stereocenters. The second-order valence-corrected chi connectivity index (χ2v) is 16.7. The summed E-state index contributed by atoms with van der Waals surface area (Å²) in [5, 5.41) is -2.18. The summed E-state index contributed by atoms with van der Waals surface area (Å²) in [7, 11) is 0. The number of hydrogen-bond donors (Lipinski definition) is 0. The van der Waals surface area contributed by atoms with Crippen molar-refractivity contribution in [3.8, 4) is 22.3 Å². The van der Waals surface area contributed by atoms with E-state index in [0.717, 1.165) is 0 Å². The lowest BCUT2D eigenvalue weighted by molar-refractivity contribution is 1.30. The highest BCUT2D eigenvalue weighted by molar-refractivity contribution is 6.32. The van der Waals surface area contributed by atoms with Gasteiger partial charge in [0.1, 0.15) is 0 Å². The van der Waals surface area contributed by atoms with Gasteiger partial charge in [-0.15, -0.1) is 0 Å². The SMILES string of the molecule is [2H]c1c([2H])c([2H])c(N(c2cccc(-c3ccccc3)c2)c2c([2H])c([2H])c3c4c([2H])c5c(c([2H])c4n4c6c([2H])c([2H])c([2H])c([2H])c6c2c34)c2c([2H])c([2H])c(N(c3cccc(-c4ccccc4)c3)c3c([2H])c([2H])c([2H])c([2H])c3[2H])c3c4c([2H])c([2H])c([2H])c([2H])c4n5c23)c([2H])c1[2H]. The Kier molecular flexibility index (Phi) is 4.77. The molecule has 0 saturated heterocycles. The highest BCUT2D eigenvalue weighted by Crippen LogP contribution is 2.51. The first-order valence-electron chi connectivity index (χ1n) is 34.1. The van der Waals surface area contributed by atoms with Crippen LogP contribution in [0.2, 0.25) is 0 Å². The average molecular weight is 915 g/mol. The topological polar surface area (TPSA) is 15.3 Å². The zero-order chi connectivity index (χ0) is 66.8. The van der Waals surface area contributed by atoms with E-state index >= 15 is 0 Å². The minimum absolute atomic E-state index is 0.0777. The Morgan fingerprint density at radius 3 is 1.14 bits per heavy atom. The summed E-state index contributed by atoms with van der Waals surface area (Å²) in [5.74, 6) is 0. The number of anilines is 6. The fourth-order valence-electron chi connectivity index (χ4n) is 10.1. The number of benzene rings is 11. The minimum Gasteiger partial charge on any atom is -0.310 e. The van der Waals surface area contributed by atoms with Gasteiger partial charge in [-0.25, -0.2) is 0 Å². The lowest BCUT2D eigenvalue weighted by Crippen LogP contribution is -2.10. The van der Waals surface area contributed by atoms with Crippen molar-refractivity contribution in [3.05, 3.63) is 254 Å². The Bertz CT molecular complexity index is 5510. The third-order valence-corrected chi connectivity index (χ3v) is 13.0. The van der Waals surface area contributed by atoms with Crippen LogP contribution < -0.4 is 9.80 Å². The molecule has 0 aliphatic carbocycles. The summed E-state index contributed by atoms with van der Waals surface area (Å²) in [5.41, 5.74) is -0.802. The molecular weight excluding hydrogens is 849 g/mol. The molecule has 11 aromatic carbocycles. The molecule has 4 aromatic heterocycles. The predicted molar refractivity (Wildman–Crippen MR) is 296 cm³/mol. The second kappa shape index (κ2) is 15.1. The highest BCUT2D eigenvalue weighted by Gasteiger charge is 2.28. The smallest absolute Gasteiger partial charge is 0.0653 e. The molecule has 326 valence electrons. The van der Waals surface area contributed by atoms with Crippen LogP contribution in [-0.4, -0.2) is 8.80 Å². The van der Waals surface area contributed by atoms with Crippen LogP contribution in [0.1, 0.15) is 32.9 Å². The van der Waals surface area contributed by atoms with Crippen LogP contribution in [0.4, 0.5) is 34.1 Å². The highest BCUT2D eigenvalue weighted by atomic mass is 15.2. The number of para-hydroxylation sites is 4. The van der Waals surface area contributed by atoms with E-state index in [4.69, 9.17) is 13.7 Å². The quantitative estimate of drug-likeness (QED) is 0.151. The van der Waals surface area contributed by atoms with Crippen LogP contribution in [0.25, 0.3) is 98.4 Å². The van der Waals surface area contributed by atoms with E-state index in [-0.39, 0.29) is 87.6 Å². The van der Waals surface area contributed by atoms with Gasteiger partial charge in [-0.1, -0.05) is 170 Å². The monoisotopic (exact) mass is 914 g/mol. The van der Waals surface area contributed by atoms with Gasteiger partial charge in [0.05, 0.1) is 77.4 Å². The number of hydrogen-bond acceptors (Lipinski definition) is 2. The van der Waals surface area contributed by atoms with Crippen LogP contribution in [0, 0.1) is 0 Å². The molecule has 0 atom stereocenters. The molecule has 0 fully saturated rings. The molecule has 0 amide bonds. The van der Waals surface area contributed by atoms with Crippen LogP contribution in [-0.2, 0) is 0 Å². The van der Waals surface area contributed by atoms with Gasteiger partial charge < -0.3 is 18.6 Å². The number of rotatable bonds is 8. The second-order valence-electron chi connectivity index (χ2n) is 16.7. The third-order valence-electron chi connectivity index (χ3n) is 13.0. The zero-order valence-electron chi connectivity index (χ0n) is 60.2. The van der Waals surface area contributed by atoms with E-state index in [1.807, 2.05) is 24.3 Å². The predicted octanol–water partition coefficient (Wildman–Crippen LogP) is 18.3. The molecule has 0 bridgehead atoms. The standard InChI is InChI=1S/C66H42N4/c1-5-19-43(20-6-1)45-23-17-29-49(39-45)67(47-25-9-3-10-26-47)59-37-35-51-55-41-62-56(42-61(55)69-57-33-15-13-31-53(57)63(59)65(51)69)52-36-38-60(64-54-32-14-16-34-58(54)70(62)66(52)64)68(48-27-11-4-12-28-48)50-30-18-24-46(40-50)44-21-7-2-8-22-44/h1-42H/i3D,4D,9D,10D,11D,12D,13D,14D,15D,16D,25D,26D,27D,28D,31D,32D,33D,34D,35D,36D,37D,38D,41D,42D. The maximum Gasteiger partial charge on any atom is 0.0653 e. The molecule has 0 spiro atoms. The summed E-state index contributed by atoms with van der Waals surface area (Å²) >= 11 is 0. The average Bonchev–Trinajstić information content (AvgIpc) is 1.47. The molecule has 4 heterocycles. The van der Waals surface area contributed by atoms with Crippen molar-refractivity contribution in [2.45, 2.75) is 0 Å². The van der Waals surface area contributed by atoms with Crippen LogP contribution >= 0.6 is 0 Å². The van der Waals surface area contributed by atoms with Gasteiger partial charge in [-0.05, 0) is 107 Å². The molecule has 70 heavy (non-hydrogen) atoms. The molecule has 0 aliphatic heterocycles. The molecule has 15 rings (SSSR count). The molecule has 0 radical (unpaired) electrons. The molecule has 0 saturated carbocycles. The van der Waals surface area contributed by atoms with Crippen molar-refractivity contribution in [2.75, 3.05) is 9.80 Å². The largest absolute Gasteiger partial charge is 0.310 e. The Hall–Kier alpha value is -9.38. The number of aromatic nitrogens is 2. The number of fused-ring (bicyclic) bond motifs is 12. The van der Waals surface area contributed by atoms with Crippen molar-refractivity contribution in [1.29, 1.82) is 0 Å². The third kappa shape index (κ3) is 5.59. The van der Waals surface area contributed by atoms with E-state index in [2.05, 4.69) is 0 Å². The first-order chi connectivity index (χ1) is 44.8. The Balaban J connectivity index is 1.16. The fourth-order valence-corrected chi connectivity index (χ4v) is 10.1. The van der Waals surface area contributed by atoms with E-state index in [1.165, 1.54) is 30.7 Å². The fraction of sp³-hybridized carbons (Fsp3) is 0. The first-order valence-corrected chi connectivity index (χ1v) is 22.1. The van der Waals surface area contributed by atoms with Crippen LogP contribution in [0.5, 0.6) is 0 Å². The summed E-state index contributed by atoms with van der Waals surface area (Å²) in [6.07, 6.45) is 0. The van der Waals surface area contributed by atoms with Gasteiger partial charge in [-0.3, -0.25) is 0 Å². The van der Waals surface area contributed by atoms with Gasteiger partial charge >= 0.3 is 0 Å². The van der Waals surface area contributed by atoms with Gasteiger partial charge in [0.2, 0.25) is 0 Å². The Morgan fingerprint density at radius 1 is 0.300 bits per heavy atom. The lowest BCUT2D eigenvalue weighted by Gasteiger charge is -2.27. The van der Waals surface area contributed by atoms with Gasteiger partial charge in [-0.2, -0.15) is 0 Å². The minimum atomic E-state index is -0.772. The lowest BCUT2D eigenvalue weighted by atomic mass is 10.0. The van der Waals surface area contributed by atoms with Crippen LogP contribution in [0.3, 0.4) is 0 Å². The van der Waals surface area contributed by atoms with Crippen molar-refractivity contribution in [2.24, 2.45) is 0 Å². The van der Waals surface area contributed by atoms with Crippen molar-refractivity contribution in [1.82, 2.24) is 8.80 Å². The van der Waals surface area contributed by atoms with Crippen LogP contribution in [0.15, 0.2) is 254 Å². The Morgan fingerprint density at radius 2 is 0.700 bits per heavy atom. The normalized spacial score (nSPS) is 16.8. The summed E-state index contributed by atoms with van der Waals surface area (Å²) in [4.78, 5) is 2.36. The Labute approximate surface area is 437 Å².